The normalized spacial score (nSPS) is 9.47. The minimum atomic E-state index is 0.00421. The van der Waals surface area contributed by atoms with Crippen LogP contribution in [-0.4, -0.2) is 35.4 Å². The third-order valence-electron chi connectivity index (χ3n) is 2.45. The molecule has 5 nitrogen and oxygen atoms in total. The van der Waals surface area contributed by atoms with Crippen molar-refractivity contribution < 1.29 is 4.79 Å². The summed E-state index contributed by atoms with van der Waals surface area (Å²) in [5, 5.41) is 11.7. The first kappa shape index (κ1) is 13.0. The van der Waals surface area contributed by atoms with E-state index in [1.165, 1.54) is 0 Å². The van der Waals surface area contributed by atoms with E-state index in [2.05, 4.69) is 10.3 Å². The smallest absolute Gasteiger partial charge is 0.241 e. The van der Waals surface area contributed by atoms with Crippen LogP contribution in [0.3, 0.4) is 0 Å². The summed E-state index contributed by atoms with van der Waals surface area (Å²) in [5.74, 6) is 0.458. The van der Waals surface area contributed by atoms with Gasteiger partial charge in [0, 0.05) is 19.3 Å². The molecule has 0 fully saturated rings. The van der Waals surface area contributed by atoms with Gasteiger partial charge in [0.05, 0.1) is 12.1 Å². The van der Waals surface area contributed by atoms with Crippen molar-refractivity contribution in [2.75, 3.05) is 25.0 Å². The molecule has 17 heavy (non-hydrogen) atoms. The van der Waals surface area contributed by atoms with E-state index >= 15 is 0 Å². The van der Waals surface area contributed by atoms with Gasteiger partial charge in [0.2, 0.25) is 5.91 Å². The molecule has 0 saturated carbocycles. The highest BCUT2D eigenvalue weighted by molar-refractivity contribution is 5.80. The van der Waals surface area contributed by atoms with Crippen LogP contribution >= 0.6 is 0 Å². The van der Waals surface area contributed by atoms with Crippen LogP contribution in [0.25, 0.3) is 0 Å². The van der Waals surface area contributed by atoms with Crippen LogP contribution in [-0.2, 0) is 4.79 Å². The number of anilines is 1. The molecule has 90 valence electrons. The summed E-state index contributed by atoms with van der Waals surface area (Å²) in [6, 6.07) is 5.38. The lowest BCUT2D eigenvalue weighted by Gasteiger charge is -2.18. The highest BCUT2D eigenvalue weighted by Gasteiger charge is 2.10. The lowest BCUT2D eigenvalue weighted by atomic mass is 10.3. The predicted molar refractivity (Wildman–Crippen MR) is 65.4 cm³/mol. The summed E-state index contributed by atoms with van der Waals surface area (Å²) >= 11 is 0. The molecule has 0 atom stereocenters. The lowest BCUT2D eigenvalue weighted by Crippen LogP contribution is -2.35. The van der Waals surface area contributed by atoms with Crippen LogP contribution in [0.15, 0.2) is 18.3 Å². The molecule has 0 spiro atoms. The fraction of sp³-hybridized carbons (Fsp3) is 0.417. The van der Waals surface area contributed by atoms with E-state index in [9.17, 15) is 4.79 Å². The Bertz CT molecular complexity index is 421. The molecule has 0 aliphatic carbocycles. The monoisotopic (exact) mass is 232 g/mol. The van der Waals surface area contributed by atoms with Crippen LogP contribution in [0.5, 0.6) is 0 Å². The fourth-order valence-electron chi connectivity index (χ4n) is 1.48. The number of pyridine rings is 1. The van der Waals surface area contributed by atoms with Gasteiger partial charge in [-0.25, -0.2) is 4.98 Å². The second-order valence-electron chi connectivity index (χ2n) is 3.43. The zero-order chi connectivity index (χ0) is 12.7. The topological polar surface area (TPSA) is 69.0 Å². The molecule has 1 amide bonds. The summed E-state index contributed by atoms with van der Waals surface area (Å²) in [6.07, 6.45) is 1.59. The number of amides is 1. The van der Waals surface area contributed by atoms with E-state index in [0.717, 1.165) is 0 Å². The molecule has 1 aromatic heterocycles. The number of hydrogen-bond acceptors (Lipinski definition) is 4. The van der Waals surface area contributed by atoms with Crippen molar-refractivity contribution in [2.45, 2.75) is 13.8 Å². The number of carbonyl (C=O) groups is 1. The van der Waals surface area contributed by atoms with E-state index in [0.29, 0.717) is 24.5 Å². The number of aromatic nitrogens is 1. The van der Waals surface area contributed by atoms with Gasteiger partial charge in [0.15, 0.2) is 0 Å². The highest BCUT2D eigenvalue weighted by atomic mass is 16.2. The van der Waals surface area contributed by atoms with E-state index in [1.54, 1.807) is 23.2 Å². The van der Waals surface area contributed by atoms with Gasteiger partial charge in [0.1, 0.15) is 11.9 Å². The quantitative estimate of drug-likeness (QED) is 0.829. The molecule has 1 N–H and O–H groups in total. The number of nitrogens with zero attached hydrogens (tertiary/aromatic N) is 3. The Morgan fingerprint density at radius 1 is 1.53 bits per heavy atom. The molecule has 0 aliphatic heterocycles. The van der Waals surface area contributed by atoms with Gasteiger partial charge in [0.25, 0.3) is 0 Å². The summed E-state index contributed by atoms with van der Waals surface area (Å²) < 4.78 is 0. The standard InChI is InChI=1S/C12H16N4O/c1-3-16(4-2)11(17)9-15-12-10(8-13)6-5-7-14-12/h5-7H,3-4,9H2,1-2H3,(H,14,15). The first-order chi connectivity index (χ1) is 8.22. The third kappa shape index (κ3) is 3.45. The molecular weight excluding hydrogens is 216 g/mol. The SMILES string of the molecule is CCN(CC)C(=O)CNc1ncccc1C#N. The average Bonchev–Trinajstić information content (AvgIpc) is 2.38. The number of rotatable bonds is 5. The fourth-order valence-corrected chi connectivity index (χ4v) is 1.48. The van der Waals surface area contributed by atoms with Gasteiger partial charge < -0.3 is 10.2 Å². The molecule has 0 aromatic carbocycles. The molecule has 0 radical (unpaired) electrons. The largest absolute Gasteiger partial charge is 0.360 e. The first-order valence-electron chi connectivity index (χ1n) is 5.59. The van der Waals surface area contributed by atoms with Gasteiger partial charge in [-0.05, 0) is 26.0 Å². The number of nitriles is 1. The molecule has 1 aromatic rings. The minimum Gasteiger partial charge on any atom is -0.360 e. The maximum Gasteiger partial charge on any atom is 0.241 e. The zero-order valence-electron chi connectivity index (χ0n) is 10.1. The van der Waals surface area contributed by atoms with Crippen molar-refractivity contribution in [2.24, 2.45) is 0 Å². The van der Waals surface area contributed by atoms with Crippen molar-refractivity contribution in [3.63, 3.8) is 0 Å². The summed E-state index contributed by atoms with van der Waals surface area (Å²) in [5.41, 5.74) is 0.444. The second-order valence-corrected chi connectivity index (χ2v) is 3.43. The predicted octanol–water partition coefficient (Wildman–Crippen LogP) is 1.23. The lowest BCUT2D eigenvalue weighted by molar-refractivity contribution is -0.128. The van der Waals surface area contributed by atoms with Crippen LogP contribution in [0, 0.1) is 11.3 Å². The summed E-state index contributed by atoms with van der Waals surface area (Å²) in [7, 11) is 0. The van der Waals surface area contributed by atoms with Gasteiger partial charge in [-0.1, -0.05) is 0 Å². The van der Waals surface area contributed by atoms with Crippen molar-refractivity contribution in [3.8, 4) is 6.07 Å². The van der Waals surface area contributed by atoms with Crippen molar-refractivity contribution in [3.05, 3.63) is 23.9 Å². The van der Waals surface area contributed by atoms with Crippen LogP contribution < -0.4 is 5.32 Å². The Balaban J connectivity index is 2.62. The number of nitrogens with one attached hydrogen (secondary N) is 1. The maximum absolute atomic E-state index is 11.7. The molecule has 1 heterocycles. The van der Waals surface area contributed by atoms with Crippen LogP contribution in [0.2, 0.25) is 0 Å². The Morgan fingerprint density at radius 2 is 2.24 bits per heavy atom. The highest BCUT2D eigenvalue weighted by Crippen LogP contribution is 2.08. The van der Waals surface area contributed by atoms with E-state index < -0.39 is 0 Å². The molecule has 1 rings (SSSR count). The van der Waals surface area contributed by atoms with E-state index in [-0.39, 0.29) is 12.5 Å². The third-order valence-corrected chi connectivity index (χ3v) is 2.45. The first-order valence-corrected chi connectivity index (χ1v) is 5.59. The molecule has 5 heteroatoms. The van der Waals surface area contributed by atoms with Gasteiger partial charge in [-0.15, -0.1) is 0 Å². The Morgan fingerprint density at radius 3 is 2.82 bits per heavy atom. The van der Waals surface area contributed by atoms with Gasteiger partial charge in [-0.2, -0.15) is 5.26 Å². The molecule has 0 bridgehead atoms. The summed E-state index contributed by atoms with van der Waals surface area (Å²) in [6.45, 7) is 5.40. The van der Waals surface area contributed by atoms with Crippen LogP contribution in [0.4, 0.5) is 5.82 Å². The zero-order valence-corrected chi connectivity index (χ0v) is 10.1. The van der Waals surface area contributed by atoms with Crippen molar-refractivity contribution >= 4 is 11.7 Å². The Kier molecular flexibility index (Phi) is 4.95. The molecule has 0 aliphatic rings. The number of hydrogen-bond donors (Lipinski definition) is 1. The van der Waals surface area contributed by atoms with Crippen LogP contribution in [0.1, 0.15) is 19.4 Å². The molecular formula is C12H16N4O. The van der Waals surface area contributed by atoms with Crippen molar-refractivity contribution in [1.82, 2.24) is 9.88 Å². The van der Waals surface area contributed by atoms with Crippen molar-refractivity contribution in [1.29, 1.82) is 5.26 Å². The Labute approximate surface area is 101 Å². The summed E-state index contributed by atoms with van der Waals surface area (Å²) in [4.78, 5) is 17.5. The number of carbonyl (C=O) groups excluding carboxylic acids is 1. The van der Waals surface area contributed by atoms with Gasteiger partial charge in [-0.3, -0.25) is 4.79 Å². The molecule has 0 unspecified atom stereocenters. The molecule has 0 saturated heterocycles. The average molecular weight is 232 g/mol. The number of likely N-dealkylation sites (N-methyl/N-ethyl adjacent to an activating group) is 1. The maximum atomic E-state index is 11.7. The van der Waals surface area contributed by atoms with E-state index in [4.69, 9.17) is 5.26 Å². The Hall–Kier alpha value is -2.09. The minimum absolute atomic E-state index is 0.00421. The second kappa shape index (κ2) is 6.48. The van der Waals surface area contributed by atoms with Gasteiger partial charge >= 0.3 is 0 Å². The van der Waals surface area contributed by atoms with E-state index in [1.807, 2.05) is 19.9 Å².